The molecule has 0 aliphatic rings. The molecule has 0 aliphatic heterocycles. The number of nitrogens with one attached hydrogen (secondary N) is 1. The fraction of sp³-hybridized carbons (Fsp3) is 0.429. The second-order valence-electron chi connectivity index (χ2n) is 4.52. The van der Waals surface area contributed by atoms with E-state index in [-0.39, 0.29) is 24.6 Å². The Balaban J connectivity index is 2.43. The zero-order chi connectivity index (χ0) is 15.1. The zero-order valence-electron chi connectivity index (χ0n) is 11.5. The van der Waals surface area contributed by atoms with Crippen molar-refractivity contribution in [2.75, 3.05) is 13.7 Å². The van der Waals surface area contributed by atoms with Crippen LogP contribution < -0.4 is 10.1 Å². The van der Waals surface area contributed by atoms with E-state index in [0.717, 1.165) is 0 Å². The van der Waals surface area contributed by atoms with Crippen LogP contribution in [-0.4, -0.2) is 30.6 Å². The van der Waals surface area contributed by atoms with Gasteiger partial charge in [0.2, 0.25) is 5.91 Å². The summed E-state index contributed by atoms with van der Waals surface area (Å²) >= 11 is 0. The van der Waals surface area contributed by atoms with E-state index in [1.165, 1.54) is 19.2 Å². The molecule has 0 spiro atoms. The lowest BCUT2D eigenvalue weighted by molar-refractivity contribution is -0.141. The maximum atomic E-state index is 13.4. The minimum absolute atomic E-state index is 0.0440. The molecule has 110 valence electrons. The Kier molecular flexibility index (Phi) is 5.96. The van der Waals surface area contributed by atoms with Gasteiger partial charge in [-0.15, -0.1) is 0 Å². The lowest BCUT2D eigenvalue weighted by Gasteiger charge is -2.08. The molecule has 6 heteroatoms. The van der Waals surface area contributed by atoms with Gasteiger partial charge in [-0.25, -0.2) is 4.39 Å². The van der Waals surface area contributed by atoms with Gasteiger partial charge in [0, 0.05) is 6.54 Å². The highest BCUT2D eigenvalue weighted by atomic mass is 19.1. The molecule has 0 bridgehead atoms. The standard InChI is InChI=1S/C14H18FNO4/c1-9(14(18)19)5-6-16-13(17)8-10-3-4-12(20-2)11(15)7-10/h3-4,7,9H,5-6,8H2,1-2H3,(H,16,17)(H,18,19). The summed E-state index contributed by atoms with van der Waals surface area (Å²) in [6.07, 6.45) is 0.403. The molecule has 0 saturated heterocycles. The molecule has 20 heavy (non-hydrogen) atoms. The molecule has 1 unspecified atom stereocenters. The van der Waals surface area contributed by atoms with Crippen LogP contribution in [0.1, 0.15) is 18.9 Å². The fourth-order valence-electron chi connectivity index (χ4n) is 1.62. The number of methoxy groups -OCH3 is 1. The Hall–Kier alpha value is -2.11. The summed E-state index contributed by atoms with van der Waals surface area (Å²) < 4.78 is 18.2. The van der Waals surface area contributed by atoms with Crippen molar-refractivity contribution in [3.05, 3.63) is 29.6 Å². The minimum Gasteiger partial charge on any atom is -0.494 e. The van der Waals surface area contributed by atoms with Gasteiger partial charge < -0.3 is 15.2 Å². The molecule has 1 atom stereocenters. The topological polar surface area (TPSA) is 75.6 Å². The number of hydrogen-bond acceptors (Lipinski definition) is 3. The molecule has 2 N–H and O–H groups in total. The Morgan fingerprint density at radius 3 is 2.70 bits per heavy atom. The van der Waals surface area contributed by atoms with Crippen molar-refractivity contribution in [2.24, 2.45) is 5.92 Å². The summed E-state index contributed by atoms with van der Waals surface area (Å²) in [6, 6.07) is 4.32. The molecule has 0 heterocycles. The normalized spacial score (nSPS) is 11.8. The third-order valence-electron chi connectivity index (χ3n) is 2.90. The van der Waals surface area contributed by atoms with Gasteiger partial charge >= 0.3 is 5.97 Å². The van der Waals surface area contributed by atoms with Crippen LogP contribution in [0.2, 0.25) is 0 Å². The van der Waals surface area contributed by atoms with Crippen LogP contribution in [-0.2, 0) is 16.0 Å². The van der Waals surface area contributed by atoms with Gasteiger partial charge in [-0.05, 0) is 24.1 Å². The van der Waals surface area contributed by atoms with Gasteiger partial charge in [0.05, 0.1) is 19.4 Å². The van der Waals surface area contributed by atoms with Crippen LogP contribution in [0.5, 0.6) is 5.75 Å². The molecular formula is C14H18FNO4. The van der Waals surface area contributed by atoms with Gasteiger partial charge in [-0.2, -0.15) is 0 Å². The largest absolute Gasteiger partial charge is 0.494 e. The van der Waals surface area contributed by atoms with E-state index in [0.29, 0.717) is 12.0 Å². The van der Waals surface area contributed by atoms with Crippen LogP contribution in [0.25, 0.3) is 0 Å². The van der Waals surface area contributed by atoms with Gasteiger partial charge in [0.25, 0.3) is 0 Å². The number of benzene rings is 1. The first-order valence-corrected chi connectivity index (χ1v) is 6.26. The molecule has 1 amide bonds. The number of carboxylic acid groups (broad SMARTS) is 1. The van der Waals surface area contributed by atoms with Crippen molar-refractivity contribution in [1.82, 2.24) is 5.32 Å². The van der Waals surface area contributed by atoms with Crippen molar-refractivity contribution >= 4 is 11.9 Å². The van der Waals surface area contributed by atoms with Crippen LogP contribution in [0.15, 0.2) is 18.2 Å². The van der Waals surface area contributed by atoms with Gasteiger partial charge in [-0.1, -0.05) is 13.0 Å². The highest BCUT2D eigenvalue weighted by Crippen LogP contribution is 2.17. The molecule has 0 aromatic heterocycles. The second-order valence-corrected chi connectivity index (χ2v) is 4.52. The van der Waals surface area contributed by atoms with Crippen molar-refractivity contribution in [3.63, 3.8) is 0 Å². The van der Waals surface area contributed by atoms with Gasteiger partial charge in [0.1, 0.15) is 0 Å². The highest BCUT2D eigenvalue weighted by Gasteiger charge is 2.11. The number of hydrogen-bond donors (Lipinski definition) is 2. The number of amides is 1. The predicted molar refractivity (Wildman–Crippen MR) is 71.1 cm³/mol. The SMILES string of the molecule is COc1ccc(CC(=O)NCCC(C)C(=O)O)cc1F. The summed E-state index contributed by atoms with van der Waals surface area (Å²) in [6.45, 7) is 1.86. The molecule has 1 rings (SSSR count). The molecule has 0 aliphatic carbocycles. The molecule has 1 aromatic rings. The highest BCUT2D eigenvalue weighted by molar-refractivity contribution is 5.78. The van der Waals surface area contributed by atoms with E-state index >= 15 is 0 Å². The van der Waals surface area contributed by atoms with E-state index in [2.05, 4.69) is 5.32 Å². The molecule has 0 fully saturated rings. The minimum atomic E-state index is -0.892. The van der Waals surface area contributed by atoms with Gasteiger partial charge in [0.15, 0.2) is 11.6 Å². The summed E-state index contributed by atoms with van der Waals surface area (Å²) in [5.41, 5.74) is 0.534. The lowest BCUT2D eigenvalue weighted by atomic mass is 10.1. The van der Waals surface area contributed by atoms with Gasteiger partial charge in [-0.3, -0.25) is 9.59 Å². The molecule has 5 nitrogen and oxygen atoms in total. The van der Waals surface area contributed by atoms with Crippen LogP contribution >= 0.6 is 0 Å². The third-order valence-corrected chi connectivity index (χ3v) is 2.90. The van der Waals surface area contributed by atoms with Crippen LogP contribution in [0.4, 0.5) is 4.39 Å². The van der Waals surface area contributed by atoms with Crippen LogP contribution in [0, 0.1) is 11.7 Å². The fourth-order valence-corrected chi connectivity index (χ4v) is 1.62. The Morgan fingerprint density at radius 2 is 2.15 bits per heavy atom. The summed E-state index contributed by atoms with van der Waals surface area (Å²) in [5, 5.41) is 11.3. The molecular weight excluding hydrogens is 265 g/mol. The number of rotatable bonds is 7. The Morgan fingerprint density at radius 1 is 1.45 bits per heavy atom. The second kappa shape index (κ2) is 7.47. The van der Waals surface area contributed by atoms with E-state index < -0.39 is 17.7 Å². The number of carboxylic acids is 1. The third kappa shape index (κ3) is 4.87. The van der Waals surface area contributed by atoms with Crippen molar-refractivity contribution in [1.29, 1.82) is 0 Å². The van der Waals surface area contributed by atoms with E-state index in [4.69, 9.17) is 9.84 Å². The monoisotopic (exact) mass is 283 g/mol. The predicted octanol–water partition coefficient (Wildman–Crippen LogP) is 1.60. The first-order valence-electron chi connectivity index (χ1n) is 6.26. The number of carbonyl (C=O) groups excluding carboxylic acids is 1. The zero-order valence-corrected chi connectivity index (χ0v) is 11.5. The summed E-state index contributed by atoms with van der Waals surface area (Å²) in [5.74, 6) is -2.06. The molecule has 0 saturated carbocycles. The first kappa shape index (κ1) is 15.9. The summed E-state index contributed by atoms with van der Waals surface area (Å²) in [7, 11) is 1.37. The van der Waals surface area contributed by atoms with E-state index in [1.54, 1.807) is 13.0 Å². The van der Waals surface area contributed by atoms with E-state index in [9.17, 15) is 14.0 Å². The molecule has 0 radical (unpaired) electrons. The maximum Gasteiger partial charge on any atom is 0.306 e. The Bertz CT molecular complexity index is 490. The number of aliphatic carboxylic acids is 1. The average molecular weight is 283 g/mol. The van der Waals surface area contributed by atoms with E-state index in [1.807, 2.05) is 0 Å². The van der Waals surface area contributed by atoms with Crippen molar-refractivity contribution in [2.45, 2.75) is 19.8 Å². The maximum absolute atomic E-state index is 13.4. The summed E-state index contributed by atoms with van der Waals surface area (Å²) in [4.78, 5) is 22.2. The lowest BCUT2D eigenvalue weighted by Crippen LogP contribution is -2.28. The number of carbonyl (C=O) groups is 2. The molecule has 1 aromatic carbocycles. The van der Waals surface area contributed by atoms with Crippen LogP contribution in [0.3, 0.4) is 0 Å². The smallest absolute Gasteiger partial charge is 0.306 e. The first-order chi connectivity index (χ1) is 9.43. The number of halogens is 1. The Labute approximate surface area is 116 Å². The number of ether oxygens (including phenoxy) is 1. The van der Waals surface area contributed by atoms with Crippen molar-refractivity contribution in [3.8, 4) is 5.75 Å². The average Bonchev–Trinajstić information content (AvgIpc) is 2.38. The quantitative estimate of drug-likeness (QED) is 0.797. The van der Waals surface area contributed by atoms with Crippen molar-refractivity contribution < 1.29 is 23.8 Å².